The molecule has 0 spiro atoms. The number of aliphatic hydroxyl groups excluding tert-OH is 1. The molecule has 1 fully saturated rings. The Bertz CT molecular complexity index is 244. The number of likely N-dealkylation sites (tertiary alicyclic amines) is 1. The molecule has 14 heavy (non-hydrogen) atoms. The maximum atomic E-state index is 11.3. The summed E-state index contributed by atoms with van der Waals surface area (Å²) in [4.78, 5) is 23.6. The Hall–Kier alpha value is -1.14. The second kappa shape index (κ2) is 4.39. The number of hydrogen-bond donors (Lipinski definition) is 3. The average Bonchev–Trinajstić information content (AvgIpc) is 2.20. The molecule has 6 nitrogen and oxygen atoms in total. The standard InChI is InChI=1S/C8H15N3O3/c1-5-4-11(3-2-6(5)12)8(14)7(13)10-9/h5-6,12H,2-4,9H2,1H3,(H,10,13). The third-order valence-corrected chi connectivity index (χ3v) is 2.47. The molecular formula is C8H15N3O3. The van der Waals surface area contributed by atoms with Crippen molar-refractivity contribution in [3.8, 4) is 0 Å². The lowest BCUT2D eigenvalue weighted by Gasteiger charge is -2.33. The second-order valence-corrected chi connectivity index (χ2v) is 3.56. The van der Waals surface area contributed by atoms with Crippen molar-refractivity contribution in [2.75, 3.05) is 13.1 Å². The van der Waals surface area contributed by atoms with Crippen molar-refractivity contribution in [1.29, 1.82) is 0 Å². The lowest BCUT2D eigenvalue weighted by Crippen LogP contribution is -2.51. The van der Waals surface area contributed by atoms with Crippen molar-refractivity contribution in [3.63, 3.8) is 0 Å². The van der Waals surface area contributed by atoms with Crippen LogP contribution in [0, 0.1) is 5.92 Å². The van der Waals surface area contributed by atoms with Gasteiger partial charge in [-0.05, 0) is 12.3 Å². The summed E-state index contributed by atoms with van der Waals surface area (Å²) < 4.78 is 0. The highest BCUT2D eigenvalue weighted by molar-refractivity contribution is 6.34. The first-order chi connectivity index (χ1) is 6.56. The molecule has 4 N–H and O–H groups in total. The molecule has 0 saturated carbocycles. The Kier molecular flexibility index (Phi) is 3.43. The van der Waals surface area contributed by atoms with Crippen LogP contribution in [0.3, 0.4) is 0 Å². The highest BCUT2D eigenvalue weighted by Crippen LogP contribution is 2.16. The van der Waals surface area contributed by atoms with Crippen LogP contribution in [0.1, 0.15) is 13.3 Å². The van der Waals surface area contributed by atoms with Crippen molar-refractivity contribution in [3.05, 3.63) is 0 Å². The molecule has 1 saturated heterocycles. The number of nitrogens with zero attached hydrogens (tertiary/aromatic N) is 1. The smallest absolute Gasteiger partial charge is 0.323 e. The number of amides is 2. The Morgan fingerprint density at radius 2 is 2.21 bits per heavy atom. The van der Waals surface area contributed by atoms with Crippen LogP contribution >= 0.6 is 0 Å². The zero-order valence-electron chi connectivity index (χ0n) is 8.06. The summed E-state index contributed by atoms with van der Waals surface area (Å²) in [5.41, 5.74) is 1.80. The van der Waals surface area contributed by atoms with Gasteiger partial charge in [-0.25, -0.2) is 5.84 Å². The van der Waals surface area contributed by atoms with E-state index in [4.69, 9.17) is 5.84 Å². The van der Waals surface area contributed by atoms with Gasteiger partial charge < -0.3 is 10.0 Å². The fourth-order valence-corrected chi connectivity index (χ4v) is 1.52. The molecule has 0 bridgehead atoms. The number of nitrogens with one attached hydrogen (secondary N) is 1. The Morgan fingerprint density at radius 1 is 1.57 bits per heavy atom. The molecule has 0 radical (unpaired) electrons. The molecule has 1 aliphatic heterocycles. The lowest BCUT2D eigenvalue weighted by molar-refractivity contribution is -0.148. The zero-order valence-corrected chi connectivity index (χ0v) is 8.06. The highest BCUT2D eigenvalue weighted by Gasteiger charge is 2.29. The van der Waals surface area contributed by atoms with E-state index in [0.717, 1.165) is 0 Å². The minimum atomic E-state index is -0.811. The topological polar surface area (TPSA) is 95.7 Å². The van der Waals surface area contributed by atoms with Gasteiger partial charge in [-0.1, -0.05) is 6.92 Å². The maximum Gasteiger partial charge on any atom is 0.323 e. The van der Waals surface area contributed by atoms with E-state index in [0.29, 0.717) is 19.5 Å². The van der Waals surface area contributed by atoms with Gasteiger partial charge in [0.1, 0.15) is 0 Å². The number of rotatable bonds is 0. The predicted molar refractivity (Wildman–Crippen MR) is 48.7 cm³/mol. The quantitative estimate of drug-likeness (QED) is 0.186. The fraction of sp³-hybridized carbons (Fsp3) is 0.750. The third-order valence-electron chi connectivity index (χ3n) is 2.47. The van der Waals surface area contributed by atoms with Crippen LogP contribution in [-0.4, -0.2) is 41.0 Å². The first kappa shape index (κ1) is 10.9. The van der Waals surface area contributed by atoms with Crippen LogP contribution in [-0.2, 0) is 9.59 Å². The number of hydrazine groups is 1. The fourth-order valence-electron chi connectivity index (χ4n) is 1.52. The number of aliphatic hydroxyl groups is 1. The maximum absolute atomic E-state index is 11.3. The number of nitrogens with two attached hydrogens (primary N) is 1. The highest BCUT2D eigenvalue weighted by atomic mass is 16.3. The first-order valence-electron chi connectivity index (χ1n) is 4.54. The molecule has 2 amide bonds. The van der Waals surface area contributed by atoms with Gasteiger partial charge in [0.25, 0.3) is 0 Å². The third kappa shape index (κ3) is 2.21. The lowest BCUT2D eigenvalue weighted by atomic mass is 9.97. The largest absolute Gasteiger partial charge is 0.393 e. The molecule has 6 heteroatoms. The normalized spacial score (nSPS) is 27.2. The molecule has 1 aliphatic rings. The molecule has 1 rings (SSSR count). The Morgan fingerprint density at radius 3 is 2.71 bits per heavy atom. The van der Waals surface area contributed by atoms with E-state index in [9.17, 15) is 14.7 Å². The molecule has 1 heterocycles. The van der Waals surface area contributed by atoms with Gasteiger partial charge in [0, 0.05) is 13.1 Å². The summed E-state index contributed by atoms with van der Waals surface area (Å²) in [5, 5.41) is 9.41. The van der Waals surface area contributed by atoms with Crippen molar-refractivity contribution >= 4 is 11.8 Å². The SMILES string of the molecule is CC1CN(C(=O)C(=O)NN)CCC1O. The van der Waals surface area contributed by atoms with Gasteiger partial charge in [-0.15, -0.1) is 0 Å². The van der Waals surface area contributed by atoms with Crippen LogP contribution in [0.4, 0.5) is 0 Å². The average molecular weight is 201 g/mol. The van der Waals surface area contributed by atoms with Crippen LogP contribution < -0.4 is 11.3 Å². The molecule has 80 valence electrons. The zero-order chi connectivity index (χ0) is 10.7. The van der Waals surface area contributed by atoms with Crippen molar-refractivity contribution in [1.82, 2.24) is 10.3 Å². The van der Waals surface area contributed by atoms with Crippen LogP contribution in [0.2, 0.25) is 0 Å². The van der Waals surface area contributed by atoms with Crippen molar-refractivity contribution in [2.45, 2.75) is 19.4 Å². The molecule has 0 aromatic heterocycles. The van der Waals surface area contributed by atoms with E-state index < -0.39 is 11.8 Å². The van der Waals surface area contributed by atoms with Gasteiger partial charge in [0.2, 0.25) is 0 Å². The van der Waals surface area contributed by atoms with E-state index in [2.05, 4.69) is 0 Å². The first-order valence-corrected chi connectivity index (χ1v) is 4.54. The molecular weight excluding hydrogens is 186 g/mol. The van der Waals surface area contributed by atoms with Gasteiger partial charge in [-0.3, -0.25) is 15.0 Å². The number of hydrogen-bond acceptors (Lipinski definition) is 4. The van der Waals surface area contributed by atoms with E-state index in [1.165, 1.54) is 4.90 Å². The van der Waals surface area contributed by atoms with E-state index in [1.807, 2.05) is 6.92 Å². The predicted octanol–water partition coefficient (Wildman–Crippen LogP) is -1.79. The summed E-state index contributed by atoms with van der Waals surface area (Å²) in [7, 11) is 0. The summed E-state index contributed by atoms with van der Waals surface area (Å²) in [6.07, 6.45) is 0.116. The van der Waals surface area contributed by atoms with E-state index >= 15 is 0 Å². The van der Waals surface area contributed by atoms with Gasteiger partial charge in [0.05, 0.1) is 6.10 Å². The summed E-state index contributed by atoms with van der Waals surface area (Å²) in [6.45, 7) is 2.63. The minimum absolute atomic E-state index is 0.00160. The number of carbonyl (C=O) groups excluding carboxylic acids is 2. The number of carbonyl (C=O) groups is 2. The summed E-state index contributed by atoms with van der Waals surface area (Å²) in [5.74, 6) is 3.40. The second-order valence-electron chi connectivity index (χ2n) is 3.56. The molecule has 0 aromatic carbocycles. The minimum Gasteiger partial charge on any atom is -0.393 e. The summed E-state index contributed by atoms with van der Waals surface area (Å²) in [6, 6.07) is 0. The van der Waals surface area contributed by atoms with Crippen molar-refractivity contribution < 1.29 is 14.7 Å². The monoisotopic (exact) mass is 201 g/mol. The van der Waals surface area contributed by atoms with E-state index in [1.54, 1.807) is 5.43 Å². The molecule has 2 atom stereocenters. The van der Waals surface area contributed by atoms with Gasteiger partial charge >= 0.3 is 11.8 Å². The Labute approximate surface area is 82.0 Å². The molecule has 2 unspecified atom stereocenters. The molecule has 0 aromatic rings. The molecule has 0 aliphatic carbocycles. The van der Waals surface area contributed by atoms with Gasteiger partial charge in [0.15, 0.2) is 0 Å². The van der Waals surface area contributed by atoms with E-state index in [-0.39, 0.29) is 12.0 Å². The van der Waals surface area contributed by atoms with Crippen LogP contribution in [0.5, 0.6) is 0 Å². The number of piperidine rings is 1. The summed E-state index contributed by atoms with van der Waals surface area (Å²) >= 11 is 0. The van der Waals surface area contributed by atoms with Crippen LogP contribution in [0.15, 0.2) is 0 Å². The van der Waals surface area contributed by atoms with Crippen molar-refractivity contribution in [2.24, 2.45) is 11.8 Å². The van der Waals surface area contributed by atoms with Gasteiger partial charge in [-0.2, -0.15) is 0 Å². The Balaban J connectivity index is 2.54. The van der Waals surface area contributed by atoms with Crippen LogP contribution in [0.25, 0.3) is 0 Å².